The SMILES string of the molecule is O=C(Nc1ccc(N2CCCN(C(=O)Nc3cccc(C(F)(F)F)c3)CC2)c(C(=O)N2CCOCC2)c1)c1ccccc1Cl. The molecule has 4 amide bonds. The van der Waals surface area contributed by atoms with Crippen molar-refractivity contribution in [3.05, 3.63) is 88.4 Å². The molecule has 0 radical (unpaired) electrons. The van der Waals surface area contributed by atoms with E-state index >= 15 is 0 Å². The summed E-state index contributed by atoms with van der Waals surface area (Å²) in [6.07, 6.45) is -3.96. The molecule has 2 aliphatic rings. The number of anilines is 3. The maximum absolute atomic E-state index is 13.7. The fraction of sp³-hybridized carbons (Fsp3) is 0.323. The highest BCUT2D eigenvalue weighted by Gasteiger charge is 2.31. The van der Waals surface area contributed by atoms with E-state index in [4.69, 9.17) is 16.3 Å². The average molecular weight is 630 g/mol. The minimum atomic E-state index is -4.52. The van der Waals surface area contributed by atoms with Crippen molar-refractivity contribution in [2.75, 3.05) is 68.0 Å². The molecule has 3 aromatic rings. The van der Waals surface area contributed by atoms with Crippen LogP contribution in [0.3, 0.4) is 0 Å². The summed E-state index contributed by atoms with van der Waals surface area (Å²) >= 11 is 6.20. The van der Waals surface area contributed by atoms with Crippen LogP contribution in [0.5, 0.6) is 0 Å². The molecular weight excluding hydrogens is 599 g/mol. The lowest BCUT2D eigenvalue weighted by Gasteiger charge is -2.30. The van der Waals surface area contributed by atoms with Crippen molar-refractivity contribution in [2.45, 2.75) is 12.6 Å². The van der Waals surface area contributed by atoms with E-state index < -0.39 is 23.7 Å². The van der Waals surface area contributed by atoms with Crippen LogP contribution in [0.15, 0.2) is 66.7 Å². The van der Waals surface area contributed by atoms with Gasteiger partial charge in [0, 0.05) is 56.3 Å². The van der Waals surface area contributed by atoms with E-state index in [1.54, 1.807) is 52.3 Å². The molecule has 0 bridgehead atoms. The van der Waals surface area contributed by atoms with E-state index in [2.05, 4.69) is 10.6 Å². The Kier molecular flexibility index (Phi) is 9.60. The maximum atomic E-state index is 13.7. The van der Waals surface area contributed by atoms with E-state index in [1.165, 1.54) is 12.1 Å². The Balaban J connectivity index is 1.33. The number of ether oxygens (including phenoxy) is 1. The molecule has 44 heavy (non-hydrogen) atoms. The van der Waals surface area contributed by atoms with Gasteiger partial charge in [-0.2, -0.15) is 13.2 Å². The molecule has 13 heteroatoms. The predicted octanol–water partition coefficient (Wildman–Crippen LogP) is 5.83. The lowest BCUT2D eigenvalue weighted by molar-refractivity contribution is -0.137. The molecule has 2 N–H and O–H groups in total. The van der Waals surface area contributed by atoms with Crippen LogP contribution >= 0.6 is 11.6 Å². The van der Waals surface area contributed by atoms with Gasteiger partial charge in [0.05, 0.1) is 34.9 Å². The molecule has 2 heterocycles. The fourth-order valence-corrected chi connectivity index (χ4v) is 5.40. The Morgan fingerprint density at radius 2 is 1.50 bits per heavy atom. The lowest BCUT2D eigenvalue weighted by Crippen LogP contribution is -2.42. The molecule has 0 aromatic heterocycles. The minimum Gasteiger partial charge on any atom is -0.378 e. The molecule has 2 fully saturated rings. The van der Waals surface area contributed by atoms with E-state index in [0.717, 1.165) is 12.1 Å². The topological polar surface area (TPSA) is 94.2 Å². The monoisotopic (exact) mass is 629 g/mol. The Morgan fingerprint density at radius 1 is 0.750 bits per heavy atom. The van der Waals surface area contributed by atoms with Gasteiger partial charge in [0.1, 0.15) is 0 Å². The lowest BCUT2D eigenvalue weighted by atomic mass is 10.1. The Hall–Kier alpha value is -4.29. The first-order valence-electron chi connectivity index (χ1n) is 14.2. The van der Waals surface area contributed by atoms with Crippen molar-refractivity contribution in [1.29, 1.82) is 0 Å². The molecule has 5 rings (SSSR count). The maximum Gasteiger partial charge on any atom is 0.416 e. The van der Waals surface area contributed by atoms with Gasteiger partial charge in [-0.3, -0.25) is 9.59 Å². The first-order chi connectivity index (χ1) is 21.1. The third-order valence-corrected chi connectivity index (χ3v) is 7.80. The van der Waals surface area contributed by atoms with Crippen LogP contribution in [0.4, 0.5) is 35.0 Å². The summed E-state index contributed by atoms with van der Waals surface area (Å²) in [6.45, 7) is 3.26. The van der Waals surface area contributed by atoms with Crippen molar-refractivity contribution in [2.24, 2.45) is 0 Å². The van der Waals surface area contributed by atoms with Gasteiger partial charge >= 0.3 is 12.2 Å². The van der Waals surface area contributed by atoms with Crippen molar-refractivity contribution >= 4 is 46.5 Å². The van der Waals surface area contributed by atoms with E-state index in [0.29, 0.717) is 79.9 Å². The van der Waals surface area contributed by atoms with Crippen LogP contribution in [0, 0.1) is 0 Å². The number of nitrogens with zero attached hydrogens (tertiary/aromatic N) is 3. The van der Waals surface area contributed by atoms with Gasteiger partial charge in [0.2, 0.25) is 0 Å². The minimum absolute atomic E-state index is 0.0544. The number of carbonyl (C=O) groups excluding carboxylic acids is 3. The van der Waals surface area contributed by atoms with Crippen molar-refractivity contribution in [3.63, 3.8) is 0 Å². The van der Waals surface area contributed by atoms with Crippen LogP contribution in [0.1, 0.15) is 32.7 Å². The summed E-state index contributed by atoms with van der Waals surface area (Å²) in [6, 6.07) is 15.8. The molecule has 0 spiro atoms. The molecule has 2 aliphatic heterocycles. The highest BCUT2D eigenvalue weighted by Crippen LogP contribution is 2.31. The Bertz CT molecular complexity index is 1530. The molecule has 9 nitrogen and oxygen atoms in total. The molecule has 232 valence electrons. The first-order valence-corrected chi connectivity index (χ1v) is 14.5. The van der Waals surface area contributed by atoms with Crippen molar-refractivity contribution in [3.8, 4) is 0 Å². The number of morpholine rings is 1. The number of halogens is 4. The third-order valence-electron chi connectivity index (χ3n) is 7.47. The largest absolute Gasteiger partial charge is 0.416 e. The zero-order chi connectivity index (χ0) is 31.3. The highest BCUT2D eigenvalue weighted by atomic mass is 35.5. The molecular formula is C31H31ClF3N5O4. The Labute approximate surface area is 257 Å². The molecule has 0 aliphatic carbocycles. The number of carbonyl (C=O) groups is 3. The van der Waals surface area contributed by atoms with Crippen molar-refractivity contribution in [1.82, 2.24) is 9.80 Å². The second kappa shape index (κ2) is 13.6. The standard InChI is InChI=1S/C31H31ClF3N5O4/c32-26-8-2-1-7-24(26)28(41)36-23-9-10-27(25(20-23)29(42)39-15-17-44-18-16-39)38-11-4-12-40(14-13-38)30(43)37-22-6-3-5-21(19-22)31(33,34)35/h1-3,5-10,19-20H,4,11-18H2,(H,36,41)(H,37,43). The molecule has 0 unspecified atom stereocenters. The quantitative estimate of drug-likeness (QED) is 0.371. The molecule has 2 saturated heterocycles. The van der Waals surface area contributed by atoms with Crippen LogP contribution in [-0.2, 0) is 10.9 Å². The average Bonchev–Trinajstić information content (AvgIpc) is 3.27. The first kappa shape index (κ1) is 31.1. The number of benzene rings is 3. The van der Waals surface area contributed by atoms with Gasteiger partial charge in [-0.05, 0) is 55.0 Å². The highest BCUT2D eigenvalue weighted by molar-refractivity contribution is 6.34. The van der Waals surface area contributed by atoms with Crippen LogP contribution in [0.25, 0.3) is 0 Å². The third kappa shape index (κ3) is 7.43. The van der Waals surface area contributed by atoms with Crippen LogP contribution in [0.2, 0.25) is 5.02 Å². The molecule has 3 aromatic carbocycles. The second-order valence-corrected chi connectivity index (χ2v) is 10.8. The molecule has 0 atom stereocenters. The van der Waals surface area contributed by atoms with Gasteiger partial charge in [0.15, 0.2) is 0 Å². The summed E-state index contributed by atoms with van der Waals surface area (Å²) in [5, 5.41) is 5.70. The number of nitrogens with one attached hydrogen (secondary N) is 2. The van der Waals surface area contributed by atoms with E-state index in [9.17, 15) is 27.6 Å². The van der Waals surface area contributed by atoms with Gasteiger partial charge in [-0.1, -0.05) is 29.8 Å². The number of alkyl halides is 3. The van der Waals surface area contributed by atoms with Crippen LogP contribution < -0.4 is 15.5 Å². The number of hydrogen-bond acceptors (Lipinski definition) is 5. The second-order valence-electron chi connectivity index (χ2n) is 10.4. The Morgan fingerprint density at radius 3 is 2.25 bits per heavy atom. The van der Waals surface area contributed by atoms with Gasteiger partial charge in [-0.25, -0.2) is 4.79 Å². The van der Waals surface area contributed by atoms with Gasteiger partial charge in [-0.15, -0.1) is 0 Å². The summed E-state index contributed by atoms with van der Waals surface area (Å²) < 4.78 is 44.8. The van der Waals surface area contributed by atoms with Gasteiger partial charge in [0.25, 0.3) is 11.8 Å². The van der Waals surface area contributed by atoms with E-state index in [-0.39, 0.29) is 18.1 Å². The zero-order valence-electron chi connectivity index (χ0n) is 23.7. The van der Waals surface area contributed by atoms with Crippen molar-refractivity contribution < 1.29 is 32.3 Å². The summed E-state index contributed by atoms with van der Waals surface area (Å²) in [5.74, 6) is -0.620. The van der Waals surface area contributed by atoms with Gasteiger partial charge < -0.3 is 30.1 Å². The smallest absolute Gasteiger partial charge is 0.378 e. The molecule has 0 saturated carbocycles. The number of rotatable bonds is 5. The number of urea groups is 1. The van der Waals surface area contributed by atoms with E-state index in [1.807, 2.05) is 4.90 Å². The predicted molar refractivity (Wildman–Crippen MR) is 161 cm³/mol. The number of hydrogen-bond donors (Lipinski definition) is 2. The summed E-state index contributed by atoms with van der Waals surface area (Å²) in [5.41, 5.74) is 0.977. The summed E-state index contributed by atoms with van der Waals surface area (Å²) in [7, 11) is 0. The number of amides is 4. The zero-order valence-corrected chi connectivity index (χ0v) is 24.5. The van der Waals surface area contributed by atoms with Crippen LogP contribution in [-0.4, -0.2) is 80.1 Å². The summed E-state index contributed by atoms with van der Waals surface area (Å²) in [4.78, 5) is 44.9. The fourth-order valence-electron chi connectivity index (χ4n) is 5.18. The normalized spacial score (nSPS) is 15.9.